The Balaban J connectivity index is 1.57. The minimum atomic E-state index is -4.72. The second-order valence-electron chi connectivity index (χ2n) is 6.82. The average Bonchev–Trinajstić information content (AvgIpc) is 2.97. The van der Waals surface area contributed by atoms with Gasteiger partial charge in [-0.1, -0.05) is 12.8 Å². The van der Waals surface area contributed by atoms with E-state index in [0.29, 0.717) is 12.2 Å². The van der Waals surface area contributed by atoms with Crippen LogP contribution >= 0.6 is 0 Å². The summed E-state index contributed by atoms with van der Waals surface area (Å²) in [7, 11) is 0. The second kappa shape index (κ2) is 9.49. The standard InChI is InChI=1S/C20H24F3N5O/c21-20(22,23)29-17-7-5-16(6-8-17)27-19(24)26-14-15-9-10-25-18(13-15)28-11-3-1-2-4-12-28/h5-10,13H,1-4,11-12,14H2,(H3,24,26,27). The first-order chi connectivity index (χ1) is 13.9. The number of aliphatic imine (C=N–C) groups is 1. The molecule has 1 aromatic carbocycles. The Morgan fingerprint density at radius 2 is 1.79 bits per heavy atom. The lowest BCUT2D eigenvalue weighted by atomic mass is 10.2. The molecule has 0 saturated carbocycles. The zero-order chi connectivity index (χ0) is 20.7. The fraction of sp³-hybridized carbons (Fsp3) is 0.400. The van der Waals surface area contributed by atoms with Gasteiger partial charge in [-0.25, -0.2) is 9.98 Å². The Morgan fingerprint density at radius 1 is 1.10 bits per heavy atom. The molecule has 0 unspecified atom stereocenters. The van der Waals surface area contributed by atoms with E-state index in [0.717, 1.165) is 24.5 Å². The van der Waals surface area contributed by atoms with Gasteiger partial charge in [0.15, 0.2) is 5.96 Å². The lowest BCUT2D eigenvalue weighted by Gasteiger charge is -2.21. The molecule has 6 nitrogen and oxygen atoms in total. The summed E-state index contributed by atoms with van der Waals surface area (Å²) >= 11 is 0. The van der Waals surface area contributed by atoms with Crippen LogP contribution in [0.2, 0.25) is 0 Å². The van der Waals surface area contributed by atoms with Crippen LogP contribution in [0.1, 0.15) is 31.2 Å². The predicted molar refractivity (Wildman–Crippen MR) is 107 cm³/mol. The van der Waals surface area contributed by atoms with E-state index in [2.05, 4.69) is 24.9 Å². The highest BCUT2D eigenvalue weighted by Gasteiger charge is 2.30. The van der Waals surface area contributed by atoms with Crippen molar-refractivity contribution >= 4 is 17.5 Å². The van der Waals surface area contributed by atoms with Crippen LogP contribution in [0.3, 0.4) is 0 Å². The number of nitrogens with one attached hydrogen (secondary N) is 1. The molecule has 156 valence electrons. The van der Waals surface area contributed by atoms with Crippen molar-refractivity contribution in [2.45, 2.75) is 38.6 Å². The van der Waals surface area contributed by atoms with Gasteiger partial charge in [-0.2, -0.15) is 0 Å². The van der Waals surface area contributed by atoms with Gasteiger partial charge in [0.25, 0.3) is 0 Å². The number of guanidine groups is 1. The molecule has 29 heavy (non-hydrogen) atoms. The van der Waals surface area contributed by atoms with E-state index >= 15 is 0 Å². The number of aromatic nitrogens is 1. The van der Waals surface area contributed by atoms with Crippen molar-refractivity contribution in [2.75, 3.05) is 23.3 Å². The van der Waals surface area contributed by atoms with Crippen LogP contribution in [0.4, 0.5) is 24.7 Å². The van der Waals surface area contributed by atoms with E-state index in [9.17, 15) is 13.2 Å². The van der Waals surface area contributed by atoms with E-state index < -0.39 is 6.36 Å². The van der Waals surface area contributed by atoms with Crippen LogP contribution in [0, 0.1) is 0 Å². The number of halogens is 3. The van der Waals surface area contributed by atoms with E-state index in [1.165, 1.54) is 49.9 Å². The molecule has 1 aliphatic rings. The van der Waals surface area contributed by atoms with Crippen molar-refractivity contribution in [1.29, 1.82) is 0 Å². The molecule has 0 atom stereocenters. The highest BCUT2D eigenvalue weighted by Crippen LogP contribution is 2.24. The molecule has 3 N–H and O–H groups in total. The Kier molecular flexibility index (Phi) is 6.79. The summed E-state index contributed by atoms with van der Waals surface area (Å²) in [5, 5.41) is 2.85. The maximum atomic E-state index is 12.2. The minimum Gasteiger partial charge on any atom is -0.406 e. The SMILES string of the molecule is NC(=NCc1ccnc(N2CCCCCC2)c1)Nc1ccc(OC(F)(F)F)cc1. The third kappa shape index (κ3) is 6.85. The van der Waals surface area contributed by atoms with Gasteiger partial charge in [0.2, 0.25) is 0 Å². The second-order valence-corrected chi connectivity index (χ2v) is 6.82. The van der Waals surface area contributed by atoms with E-state index in [1.807, 2.05) is 12.1 Å². The number of hydrogen-bond acceptors (Lipinski definition) is 4. The number of pyridine rings is 1. The van der Waals surface area contributed by atoms with Gasteiger partial charge >= 0.3 is 6.36 Å². The monoisotopic (exact) mass is 407 g/mol. The first kappa shape index (κ1) is 20.8. The fourth-order valence-corrected chi connectivity index (χ4v) is 3.14. The number of nitrogens with two attached hydrogens (primary N) is 1. The maximum Gasteiger partial charge on any atom is 0.573 e. The molecule has 0 amide bonds. The van der Waals surface area contributed by atoms with Crippen LogP contribution in [0.5, 0.6) is 5.75 Å². The summed E-state index contributed by atoms with van der Waals surface area (Å²) in [6.45, 7) is 2.40. The molecular formula is C20H24F3N5O. The Hall–Kier alpha value is -2.97. The van der Waals surface area contributed by atoms with Crippen molar-refractivity contribution in [3.05, 3.63) is 48.2 Å². The maximum absolute atomic E-state index is 12.2. The van der Waals surface area contributed by atoms with Crippen molar-refractivity contribution in [2.24, 2.45) is 10.7 Å². The highest BCUT2D eigenvalue weighted by molar-refractivity contribution is 5.92. The number of hydrogen-bond donors (Lipinski definition) is 2. The van der Waals surface area contributed by atoms with Crippen molar-refractivity contribution in [3.8, 4) is 5.75 Å². The number of alkyl halides is 3. The molecule has 0 radical (unpaired) electrons. The average molecular weight is 407 g/mol. The number of ether oxygens (including phenoxy) is 1. The number of rotatable bonds is 5. The lowest BCUT2D eigenvalue weighted by molar-refractivity contribution is -0.274. The highest BCUT2D eigenvalue weighted by atomic mass is 19.4. The van der Waals surface area contributed by atoms with Crippen LogP contribution < -0.4 is 20.7 Å². The molecule has 3 rings (SSSR count). The summed E-state index contributed by atoms with van der Waals surface area (Å²) in [6.07, 6.45) is 1.92. The molecule has 0 bridgehead atoms. The number of nitrogens with zero attached hydrogens (tertiary/aromatic N) is 3. The molecule has 1 aromatic heterocycles. The zero-order valence-corrected chi connectivity index (χ0v) is 16.0. The molecule has 1 aliphatic heterocycles. The first-order valence-corrected chi connectivity index (χ1v) is 9.52. The Bertz CT molecular complexity index is 816. The van der Waals surface area contributed by atoms with Gasteiger partial charge in [0, 0.05) is 25.0 Å². The van der Waals surface area contributed by atoms with E-state index in [4.69, 9.17) is 5.73 Å². The van der Waals surface area contributed by atoms with Gasteiger partial charge < -0.3 is 20.7 Å². The first-order valence-electron chi connectivity index (χ1n) is 9.52. The molecule has 0 aliphatic carbocycles. The third-order valence-electron chi connectivity index (χ3n) is 4.53. The Morgan fingerprint density at radius 3 is 2.45 bits per heavy atom. The van der Waals surface area contributed by atoms with Gasteiger partial charge in [-0.05, 0) is 54.8 Å². The summed E-state index contributed by atoms with van der Waals surface area (Å²) < 4.78 is 40.4. The predicted octanol–water partition coefficient (Wildman–Crippen LogP) is 4.29. The van der Waals surface area contributed by atoms with Crippen LogP contribution in [-0.2, 0) is 6.54 Å². The van der Waals surface area contributed by atoms with E-state index in [-0.39, 0.29) is 11.7 Å². The topological polar surface area (TPSA) is 75.8 Å². The number of benzene rings is 1. The molecule has 2 heterocycles. The molecule has 9 heteroatoms. The Labute approximate surface area is 167 Å². The molecule has 2 aromatic rings. The van der Waals surface area contributed by atoms with Crippen molar-refractivity contribution < 1.29 is 17.9 Å². The summed E-state index contributed by atoms with van der Waals surface area (Å²) in [4.78, 5) is 11.1. The van der Waals surface area contributed by atoms with Crippen molar-refractivity contribution in [1.82, 2.24) is 4.98 Å². The normalized spacial score (nSPS) is 15.7. The molecule has 1 saturated heterocycles. The zero-order valence-electron chi connectivity index (χ0n) is 16.0. The van der Waals surface area contributed by atoms with Crippen LogP contribution in [0.25, 0.3) is 0 Å². The van der Waals surface area contributed by atoms with Gasteiger partial charge in [0.05, 0.1) is 6.54 Å². The minimum absolute atomic E-state index is 0.169. The van der Waals surface area contributed by atoms with Gasteiger partial charge in [0.1, 0.15) is 11.6 Å². The smallest absolute Gasteiger partial charge is 0.406 e. The van der Waals surface area contributed by atoms with Gasteiger partial charge in [-0.15, -0.1) is 13.2 Å². The summed E-state index contributed by atoms with van der Waals surface area (Å²) in [5.41, 5.74) is 7.40. The quantitative estimate of drug-likeness (QED) is 0.571. The van der Waals surface area contributed by atoms with E-state index in [1.54, 1.807) is 6.20 Å². The molecular weight excluding hydrogens is 383 g/mol. The molecule has 1 fully saturated rings. The fourth-order valence-electron chi connectivity index (χ4n) is 3.14. The molecule has 0 spiro atoms. The van der Waals surface area contributed by atoms with Crippen molar-refractivity contribution in [3.63, 3.8) is 0 Å². The number of anilines is 2. The summed E-state index contributed by atoms with van der Waals surface area (Å²) in [6, 6.07) is 9.20. The van der Waals surface area contributed by atoms with Crippen LogP contribution in [0.15, 0.2) is 47.6 Å². The lowest BCUT2D eigenvalue weighted by Crippen LogP contribution is -2.25. The summed E-state index contributed by atoms with van der Waals surface area (Å²) in [5.74, 6) is 0.824. The third-order valence-corrected chi connectivity index (χ3v) is 4.53. The van der Waals surface area contributed by atoms with Crippen LogP contribution in [-0.4, -0.2) is 30.4 Å². The van der Waals surface area contributed by atoms with Gasteiger partial charge in [-0.3, -0.25) is 0 Å². The largest absolute Gasteiger partial charge is 0.573 e.